The van der Waals surface area contributed by atoms with Gasteiger partial charge in [-0.25, -0.2) is 0 Å². The fraction of sp³-hybridized carbons (Fsp3) is 0.706. The minimum Gasteiger partial charge on any atom is -0.381 e. The zero-order valence-corrected chi connectivity index (χ0v) is 12.7. The van der Waals surface area contributed by atoms with Crippen molar-refractivity contribution in [1.29, 1.82) is 0 Å². The van der Waals surface area contributed by atoms with Crippen molar-refractivity contribution in [3.05, 3.63) is 29.1 Å². The summed E-state index contributed by atoms with van der Waals surface area (Å²) in [5, 5.41) is 3.59. The summed E-state index contributed by atoms with van der Waals surface area (Å²) < 4.78 is 5.55. The second-order valence-electron chi connectivity index (χ2n) is 6.56. The van der Waals surface area contributed by atoms with E-state index in [2.05, 4.69) is 31.3 Å². The van der Waals surface area contributed by atoms with Crippen LogP contribution in [0, 0.1) is 5.92 Å². The Labute approximate surface area is 122 Å². The molecule has 2 aliphatic rings. The van der Waals surface area contributed by atoms with Crippen molar-refractivity contribution in [1.82, 2.24) is 10.3 Å². The van der Waals surface area contributed by atoms with Crippen LogP contribution in [0.15, 0.2) is 12.1 Å². The number of hydrogen-bond donors (Lipinski definition) is 1. The molecule has 3 heteroatoms. The molecule has 1 saturated heterocycles. The van der Waals surface area contributed by atoms with Crippen LogP contribution in [0.1, 0.15) is 61.9 Å². The maximum absolute atomic E-state index is 5.55. The van der Waals surface area contributed by atoms with Crippen molar-refractivity contribution in [3.8, 4) is 0 Å². The Bertz CT molecular complexity index is 448. The van der Waals surface area contributed by atoms with Gasteiger partial charge in [0.1, 0.15) is 0 Å². The van der Waals surface area contributed by atoms with Crippen LogP contribution in [0.3, 0.4) is 0 Å². The summed E-state index contributed by atoms with van der Waals surface area (Å²) in [6.45, 7) is 8.23. The van der Waals surface area contributed by atoms with Gasteiger partial charge in [-0.2, -0.15) is 0 Å². The maximum atomic E-state index is 5.55. The van der Waals surface area contributed by atoms with Crippen LogP contribution in [-0.4, -0.2) is 24.7 Å². The van der Waals surface area contributed by atoms with E-state index < -0.39 is 0 Å². The molecule has 1 aromatic rings. The van der Waals surface area contributed by atoms with Crippen molar-refractivity contribution in [2.24, 2.45) is 5.92 Å². The largest absolute Gasteiger partial charge is 0.381 e. The van der Waals surface area contributed by atoms with E-state index in [1.807, 2.05) is 0 Å². The van der Waals surface area contributed by atoms with E-state index in [0.717, 1.165) is 38.6 Å². The quantitative estimate of drug-likeness (QED) is 0.865. The Balaban J connectivity index is 1.74. The zero-order valence-electron chi connectivity index (χ0n) is 12.7. The summed E-state index contributed by atoms with van der Waals surface area (Å²) in [5.41, 5.74) is 3.85. The molecule has 2 fully saturated rings. The molecule has 1 atom stereocenters. The van der Waals surface area contributed by atoms with Crippen molar-refractivity contribution in [3.63, 3.8) is 0 Å². The summed E-state index contributed by atoms with van der Waals surface area (Å²) in [6, 6.07) is 4.48. The van der Waals surface area contributed by atoms with Gasteiger partial charge < -0.3 is 10.1 Å². The number of rotatable bonds is 6. The minimum absolute atomic E-state index is 0.492. The molecule has 0 aromatic carbocycles. The number of hydrogen-bond acceptors (Lipinski definition) is 3. The third-order valence-electron chi connectivity index (χ3n) is 4.41. The highest BCUT2D eigenvalue weighted by molar-refractivity contribution is 5.28. The van der Waals surface area contributed by atoms with E-state index in [-0.39, 0.29) is 0 Å². The molecule has 3 nitrogen and oxygen atoms in total. The van der Waals surface area contributed by atoms with Gasteiger partial charge in [-0.15, -0.1) is 0 Å². The standard InChI is InChI=1S/C17H26N2O/c1-12(2)16-6-5-15(14-7-8-20-11-14)17(19-16)10-18-9-13-3-4-13/h5-6,12-14,18H,3-4,7-11H2,1-2H3. The molecule has 0 bridgehead atoms. The average molecular weight is 274 g/mol. The molecule has 3 rings (SSSR count). The molecule has 1 N–H and O–H groups in total. The Morgan fingerprint density at radius 2 is 2.15 bits per heavy atom. The van der Waals surface area contributed by atoms with E-state index in [4.69, 9.17) is 9.72 Å². The summed E-state index contributed by atoms with van der Waals surface area (Å²) >= 11 is 0. The van der Waals surface area contributed by atoms with Gasteiger partial charge in [0.05, 0.1) is 12.3 Å². The zero-order chi connectivity index (χ0) is 13.9. The Morgan fingerprint density at radius 1 is 1.30 bits per heavy atom. The second-order valence-corrected chi connectivity index (χ2v) is 6.56. The van der Waals surface area contributed by atoms with Gasteiger partial charge in [-0.3, -0.25) is 4.98 Å². The van der Waals surface area contributed by atoms with Gasteiger partial charge in [0.25, 0.3) is 0 Å². The SMILES string of the molecule is CC(C)c1ccc(C2CCOC2)c(CNCC2CC2)n1. The number of ether oxygens (including phenoxy) is 1. The van der Waals surface area contributed by atoms with E-state index in [0.29, 0.717) is 11.8 Å². The van der Waals surface area contributed by atoms with E-state index in [1.165, 1.54) is 29.8 Å². The molecule has 1 aromatic heterocycles. The first kappa shape index (κ1) is 14.0. The van der Waals surface area contributed by atoms with Gasteiger partial charge >= 0.3 is 0 Å². The topological polar surface area (TPSA) is 34.1 Å². The molecule has 20 heavy (non-hydrogen) atoms. The van der Waals surface area contributed by atoms with E-state index in [9.17, 15) is 0 Å². The smallest absolute Gasteiger partial charge is 0.0580 e. The number of pyridine rings is 1. The van der Waals surface area contributed by atoms with Crippen molar-refractivity contribution in [2.45, 2.75) is 51.5 Å². The average Bonchev–Trinajstić information content (AvgIpc) is 3.11. The first-order valence-corrected chi connectivity index (χ1v) is 8.02. The maximum Gasteiger partial charge on any atom is 0.0580 e. The molecular formula is C17H26N2O. The number of nitrogens with zero attached hydrogens (tertiary/aromatic N) is 1. The van der Waals surface area contributed by atoms with Crippen molar-refractivity contribution >= 4 is 0 Å². The lowest BCUT2D eigenvalue weighted by molar-refractivity contribution is 0.193. The second kappa shape index (κ2) is 6.23. The van der Waals surface area contributed by atoms with Gasteiger partial charge in [0, 0.05) is 24.8 Å². The van der Waals surface area contributed by atoms with Gasteiger partial charge in [-0.05, 0) is 49.3 Å². The van der Waals surface area contributed by atoms with Crippen LogP contribution in [0.5, 0.6) is 0 Å². The van der Waals surface area contributed by atoms with Crippen LogP contribution in [0.2, 0.25) is 0 Å². The minimum atomic E-state index is 0.492. The van der Waals surface area contributed by atoms with Gasteiger partial charge in [0.15, 0.2) is 0 Å². The highest BCUT2D eigenvalue weighted by atomic mass is 16.5. The molecule has 1 unspecified atom stereocenters. The van der Waals surface area contributed by atoms with E-state index >= 15 is 0 Å². The first-order valence-electron chi connectivity index (χ1n) is 8.02. The molecule has 0 radical (unpaired) electrons. The Hall–Kier alpha value is -0.930. The molecular weight excluding hydrogens is 248 g/mol. The first-order chi connectivity index (χ1) is 9.74. The van der Waals surface area contributed by atoms with Crippen LogP contribution < -0.4 is 5.32 Å². The molecule has 1 saturated carbocycles. The number of nitrogens with one attached hydrogen (secondary N) is 1. The predicted molar refractivity (Wildman–Crippen MR) is 80.9 cm³/mol. The summed E-state index contributed by atoms with van der Waals surface area (Å²) in [7, 11) is 0. The monoisotopic (exact) mass is 274 g/mol. The predicted octanol–water partition coefficient (Wildman–Crippen LogP) is 3.21. The highest BCUT2D eigenvalue weighted by Crippen LogP contribution is 2.30. The third kappa shape index (κ3) is 3.39. The molecule has 0 amide bonds. The van der Waals surface area contributed by atoms with Crippen LogP contribution >= 0.6 is 0 Å². The van der Waals surface area contributed by atoms with E-state index in [1.54, 1.807) is 0 Å². The lowest BCUT2D eigenvalue weighted by atomic mass is 9.95. The van der Waals surface area contributed by atoms with Crippen molar-refractivity contribution < 1.29 is 4.74 Å². The summed E-state index contributed by atoms with van der Waals surface area (Å²) in [5.74, 6) is 1.95. The molecule has 1 aliphatic heterocycles. The molecule has 1 aliphatic carbocycles. The highest BCUT2D eigenvalue weighted by Gasteiger charge is 2.23. The molecule has 110 valence electrons. The van der Waals surface area contributed by atoms with Crippen molar-refractivity contribution in [2.75, 3.05) is 19.8 Å². The van der Waals surface area contributed by atoms with Gasteiger partial charge in [-0.1, -0.05) is 19.9 Å². The molecule has 2 heterocycles. The Kier molecular flexibility index (Phi) is 4.37. The number of aromatic nitrogens is 1. The summed E-state index contributed by atoms with van der Waals surface area (Å²) in [6.07, 6.45) is 3.93. The Morgan fingerprint density at radius 3 is 2.80 bits per heavy atom. The fourth-order valence-electron chi connectivity index (χ4n) is 2.86. The van der Waals surface area contributed by atoms with Crippen LogP contribution in [-0.2, 0) is 11.3 Å². The molecule has 0 spiro atoms. The lowest BCUT2D eigenvalue weighted by Crippen LogP contribution is -2.20. The summed E-state index contributed by atoms with van der Waals surface area (Å²) in [4.78, 5) is 4.92. The third-order valence-corrected chi connectivity index (χ3v) is 4.41. The van der Waals surface area contributed by atoms with Crippen LogP contribution in [0.4, 0.5) is 0 Å². The normalized spacial score (nSPS) is 22.6. The van der Waals surface area contributed by atoms with Gasteiger partial charge in [0.2, 0.25) is 0 Å². The lowest BCUT2D eigenvalue weighted by Gasteiger charge is -2.16. The van der Waals surface area contributed by atoms with Crippen LogP contribution in [0.25, 0.3) is 0 Å². The fourth-order valence-corrected chi connectivity index (χ4v) is 2.86.